The van der Waals surface area contributed by atoms with E-state index in [4.69, 9.17) is 0 Å². The van der Waals surface area contributed by atoms with E-state index in [1.54, 1.807) is 10.7 Å². The number of carbonyl (C=O) groups is 1. The first kappa shape index (κ1) is 18.5. The van der Waals surface area contributed by atoms with Crippen LogP contribution in [0.25, 0.3) is 0 Å². The van der Waals surface area contributed by atoms with Crippen LogP contribution in [0.15, 0.2) is 24.3 Å². The Kier molecular flexibility index (Phi) is 4.82. The van der Waals surface area contributed by atoms with Gasteiger partial charge in [-0.3, -0.25) is 9.48 Å². The second kappa shape index (κ2) is 6.78. The molecule has 0 radical (unpaired) electrons. The maximum absolute atomic E-state index is 13.1. The average Bonchev–Trinajstić information content (AvgIpc) is 3.33. The molecule has 1 fully saturated rings. The second-order valence-electron chi connectivity index (χ2n) is 6.85. The molecule has 1 saturated carbocycles. The predicted molar refractivity (Wildman–Crippen MR) is 91.7 cm³/mol. The Bertz CT molecular complexity index is 826. The lowest BCUT2D eigenvalue weighted by Crippen LogP contribution is -2.28. The van der Waals surface area contributed by atoms with Gasteiger partial charge in [0.15, 0.2) is 0 Å². The topological polar surface area (TPSA) is 46.9 Å². The number of hydrogen-bond acceptors (Lipinski definition) is 2. The van der Waals surface area contributed by atoms with Gasteiger partial charge in [0.25, 0.3) is 0 Å². The largest absolute Gasteiger partial charge is 0.416 e. The third-order valence-electron chi connectivity index (χ3n) is 5.13. The molecule has 0 saturated heterocycles. The van der Waals surface area contributed by atoms with Crippen LogP contribution in [0.5, 0.6) is 0 Å². The highest BCUT2D eigenvalue weighted by atomic mass is 19.4. The van der Waals surface area contributed by atoms with Crippen molar-refractivity contribution in [2.24, 2.45) is 13.0 Å². The zero-order valence-corrected chi connectivity index (χ0v) is 15.0. The zero-order valence-electron chi connectivity index (χ0n) is 15.0. The number of aromatic nitrogens is 2. The molecule has 2 aromatic rings. The first-order chi connectivity index (χ1) is 12.2. The van der Waals surface area contributed by atoms with Crippen LogP contribution in [-0.2, 0) is 24.4 Å². The standard InChI is InChI=1S/C19H22F3N3O/c1-11-13(12(2)25(3)24-11)8-9-23-18(26)16-10-15(16)14-6-4-5-7-17(14)19(20,21)22/h4-7,15-16H,8-10H2,1-3H3,(H,23,26)/t15-,16+/m1/s1. The van der Waals surface area contributed by atoms with E-state index >= 15 is 0 Å². The monoisotopic (exact) mass is 365 g/mol. The van der Waals surface area contributed by atoms with Crippen molar-refractivity contribution in [2.75, 3.05) is 6.54 Å². The Balaban J connectivity index is 1.59. The summed E-state index contributed by atoms with van der Waals surface area (Å²) in [6.07, 6.45) is -3.27. The number of benzene rings is 1. The van der Waals surface area contributed by atoms with Crippen LogP contribution < -0.4 is 5.32 Å². The average molecular weight is 365 g/mol. The summed E-state index contributed by atoms with van der Waals surface area (Å²) in [6, 6.07) is 5.52. The minimum Gasteiger partial charge on any atom is -0.356 e. The number of nitrogens with zero attached hydrogens (tertiary/aromatic N) is 2. The fourth-order valence-electron chi connectivity index (χ4n) is 3.53. The quantitative estimate of drug-likeness (QED) is 0.881. The molecule has 0 aliphatic heterocycles. The Morgan fingerprint density at radius 2 is 2.00 bits per heavy atom. The highest BCUT2D eigenvalue weighted by Gasteiger charge is 2.47. The van der Waals surface area contributed by atoms with E-state index in [1.165, 1.54) is 12.1 Å². The summed E-state index contributed by atoms with van der Waals surface area (Å²) in [5.41, 5.74) is 2.67. The molecule has 4 nitrogen and oxygen atoms in total. The number of halogens is 3. The molecular weight excluding hydrogens is 343 g/mol. The van der Waals surface area contributed by atoms with Crippen LogP contribution in [-0.4, -0.2) is 22.2 Å². The van der Waals surface area contributed by atoms with Crippen LogP contribution in [0, 0.1) is 19.8 Å². The van der Waals surface area contributed by atoms with E-state index in [0.29, 0.717) is 19.4 Å². The SMILES string of the molecule is Cc1nn(C)c(C)c1CCNC(=O)[C@H]1C[C@@H]1c1ccccc1C(F)(F)F. The fourth-order valence-corrected chi connectivity index (χ4v) is 3.53. The molecular formula is C19H22F3N3O. The molecule has 3 rings (SSSR count). The lowest BCUT2D eigenvalue weighted by molar-refractivity contribution is -0.138. The minimum absolute atomic E-state index is 0.175. The maximum atomic E-state index is 13.1. The Morgan fingerprint density at radius 3 is 2.62 bits per heavy atom. The maximum Gasteiger partial charge on any atom is 0.416 e. The molecule has 0 unspecified atom stereocenters. The summed E-state index contributed by atoms with van der Waals surface area (Å²) >= 11 is 0. The number of carbonyl (C=O) groups excluding carboxylic acids is 1. The summed E-state index contributed by atoms with van der Waals surface area (Å²) in [5.74, 6) is -0.907. The highest BCUT2D eigenvalue weighted by molar-refractivity contribution is 5.83. The first-order valence-electron chi connectivity index (χ1n) is 8.63. The number of alkyl halides is 3. The molecule has 2 atom stereocenters. The van der Waals surface area contributed by atoms with Crippen LogP contribution in [0.4, 0.5) is 13.2 Å². The van der Waals surface area contributed by atoms with Crippen LogP contribution in [0.1, 0.15) is 40.4 Å². The fraction of sp³-hybridized carbons (Fsp3) is 0.474. The normalized spacial score (nSPS) is 19.5. The molecule has 1 aliphatic carbocycles. The predicted octanol–water partition coefficient (Wildman–Crippen LogP) is 3.52. The summed E-state index contributed by atoms with van der Waals surface area (Å²) in [7, 11) is 1.87. The zero-order chi connectivity index (χ0) is 19.1. The smallest absolute Gasteiger partial charge is 0.356 e. The lowest BCUT2D eigenvalue weighted by atomic mass is 10.0. The van der Waals surface area contributed by atoms with Crippen molar-refractivity contribution >= 4 is 5.91 Å². The van der Waals surface area contributed by atoms with Gasteiger partial charge in [0.05, 0.1) is 11.3 Å². The molecule has 1 heterocycles. The molecule has 1 amide bonds. The molecule has 0 bridgehead atoms. The third-order valence-corrected chi connectivity index (χ3v) is 5.13. The number of amides is 1. The molecule has 1 N–H and O–H groups in total. The van der Waals surface area contributed by atoms with Gasteiger partial charge in [-0.15, -0.1) is 0 Å². The van der Waals surface area contributed by atoms with Crippen molar-refractivity contribution in [3.8, 4) is 0 Å². The van der Waals surface area contributed by atoms with Gasteiger partial charge in [0, 0.05) is 25.2 Å². The van der Waals surface area contributed by atoms with Crippen molar-refractivity contribution in [3.63, 3.8) is 0 Å². The number of hydrogen-bond donors (Lipinski definition) is 1. The summed E-state index contributed by atoms with van der Waals surface area (Å²) in [5, 5.41) is 7.20. The van der Waals surface area contributed by atoms with Gasteiger partial charge in [-0.2, -0.15) is 18.3 Å². The number of aryl methyl sites for hydroxylation is 2. The van der Waals surface area contributed by atoms with Crippen LogP contribution in [0.2, 0.25) is 0 Å². The Labute approximate surface area is 150 Å². The number of rotatable bonds is 5. The first-order valence-corrected chi connectivity index (χ1v) is 8.63. The van der Waals surface area contributed by atoms with Crippen LogP contribution in [0.3, 0.4) is 0 Å². The Hall–Kier alpha value is -2.31. The molecule has 7 heteroatoms. The van der Waals surface area contributed by atoms with E-state index in [1.807, 2.05) is 20.9 Å². The van der Waals surface area contributed by atoms with E-state index in [0.717, 1.165) is 23.0 Å². The van der Waals surface area contributed by atoms with E-state index in [-0.39, 0.29) is 23.3 Å². The van der Waals surface area contributed by atoms with Gasteiger partial charge in [-0.25, -0.2) is 0 Å². The van der Waals surface area contributed by atoms with Crippen molar-refractivity contribution in [3.05, 3.63) is 52.3 Å². The summed E-state index contributed by atoms with van der Waals surface area (Å²) < 4.78 is 41.2. The molecule has 26 heavy (non-hydrogen) atoms. The molecule has 1 aliphatic rings. The highest BCUT2D eigenvalue weighted by Crippen LogP contribution is 2.51. The summed E-state index contributed by atoms with van der Waals surface area (Å²) in [4.78, 5) is 12.3. The molecule has 0 spiro atoms. The van der Waals surface area contributed by atoms with Crippen molar-refractivity contribution < 1.29 is 18.0 Å². The Morgan fingerprint density at radius 1 is 1.31 bits per heavy atom. The van der Waals surface area contributed by atoms with Gasteiger partial charge < -0.3 is 5.32 Å². The van der Waals surface area contributed by atoms with E-state index in [2.05, 4.69) is 10.4 Å². The number of nitrogens with one attached hydrogen (secondary N) is 1. The van der Waals surface area contributed by atoms with E-state index in [9.17, 15) is 18.0 Å². The van der Waals surface area contributed by atoms with Gasteiger partial charge >= 0.3 is 6.18 Å². The van der Waals surface area contributed by atoms with E-state index < -0.39 is 11.7 Å². The lowest BCUT2D eigenvalue weighted by Gasteiger charge is -2.12. The van der Waals surface area contributed by atoms with Gasteiger partial charge in [-0.1, -0.05) is 18.2 Å². The summed E-state index contributed by atoms with van der Waals surface area (Å²) in [6.45, 7) is 4.35. The van der Waals surface area contributed by atoms with Crippen molar-refractivity contribution in [1.82, 2.24) is 15.1 Å². The molecule has 1 aromatic carbocycles. The molecule has 1 aromatic heterocycles. The van der Waals surface area contributed by atoms with Crippen molar-refractivity contribution in [2.45, 2.75) is 38.8 Å². The molecule has 140 valence electrons. The third kappa shape index (κ3) is 3.61. The van der Waals surface area contributed by atoms with Crippen molar-refractivity contribution in [1.29, 1.82) is 0 Å². The van der Waals surface area contributed by atoms with Gasteiger partial charge in [-0.05, 0) is 49.8 Å². The minimum atomic E-state index is -4.39. The second-order valence-corrected chi connectivity index (χ2v) is 6.85. The van der Waals surface area contributed by atoms with Gasteiger partial charge in [0.1, 0.15) is 0 Å². The van der Waals surface area contributed by atoms with Gasteiger partial charge in [0.2, 0.25) is 5.91 Å². The van der Waals surface area contributed by atoms with Crippen LogP contribution >= 0.6 is 0 Å².